The molecule has 0 amide bonds. The lowest BCUT2D eigenvalue weighted by atomic mass is 10.0. The number of rotatable bonds is 7. The fourth-order valence-corrected chi connectivity index (χ4v) is 4.29. The first-order chi connectivity index (χ1) is 16.4. The summed E-state index contributed by atoms with van der Waals surface area (Å²) in [6.45, 7) is 2.08. The number of aliphatic hydroxyl groups is 1. The molecule has 182 valence electrons. The maximum Gasteiger partial charge on any atom is 0.201 e. The third kappa shape index (κ3) is 5.06. The number of benzene rings is 2. The van der Waals surface area contributed by atoms with Crippen LogP contribution in [0.25, 0.3) is 11.0 Å². The Kier molecular flexibility index (Phi) is 7.44. The Hall–Kier alpha value is -3.02. The second kappa shape index (κ2) is 10.5. The van der Waals surface area contributed by atoms with Crippen LogP contribution in [0.3, 0.4) is 0 Å². The molecule has 2 heterocycles. The van der Waals surface area contributed by atoms with Crippen molar-refractivity contribution < 1.29 is 23.5 Å². The standard InChI is InChI=1S/C22H24ClF3N6O2/c23-15-9-12(4-5-16(15)24)28-21(31-34)14-10-17(25)18(26)20-19(14)29-22(30-20)27-6-8-32-7-2-1-3-13(32)11-33/h4-5,9-10,13,33-34H,1-3,6-8,11H2,(H,28,31)(H2,27,29,30). The van der Waals surface area contributed by atoms with Gasteiger partial charge in [-0.1, -0.05) is 23.2 Å². The van der Waals surface area contributed by atoms with Gasteiger partial charge in [-0.15, -0.1) is 0 Å². The van der Waals surface area contributed by atoms with Crippen molar-refractivity contribution in [3.63, 3.8) is 0 Å². The highest BCUT2D eigenvalue weighted by Crippen LogP contribution is 2.27. The molecule has 1 fully saturated rings. The van der Waals surface area contributed by atoms with E-state index < -0.39 is 17.5 Å². The fraction of sp³-hybridized carbons (Fsp3) is 0.364. The molecule has 1 atom stereocenters. The maximum atomic E-state index is 14.5. The molecule has 1 saturated heterocycles. The lowest BCUT2D eigenvalue weighted by Gasteiger charge is -2.34. The zero-order valence-corrected chi connectivity index (χ0v) is 18.8. The zero-order valence-electron chi connectivity index (χ0n) is 18.1. The molecular formula is C22H24ClF3N6O2. The highest BCUT2D eigenvalue weighted by molar-refractivity contribution is 6.31. The van der Waals surface area contributed by atoms with E-state index in [1.165, 1.54) is 12.1 Å². The first-order valence-electron chi connectivity index (χ1n) is 10.8. The molecule has 1 aromatic heterocycles. The van der Waals surface area contributed by atoms with Gasteiger partial charge in [0, 0.05) is 30.4 Å². The monoisotopic (exact) mass is 496 g/mol. The summed E-state index contributed by atoms with van der Waals surface area (Å²) < 4.78 is 42.3. The number of hydrogen-bond acceptors (Lipinski definition) is 6. The molecule has 0 saturated carbocycles. The molecule has 1 aliphatic heterocycles. The molecule has 8 nitrogen and oxygen atoms in total. The molecule has 1 unspecified atom stereocenters. The number of likely N-dealkylation sites (tertiary alicyclic amines) is 1. The molecule has 0 spiro atoms. The van der Waals surface area contributed by atoms with E-state index in [4.69, 9.17) is 11.6 Å². The number of oxime groups is 1. The average molecular weight is 497 g/mol. The summed E-state index contributed by atoms with van der Waals surface area (Å²) in [6.07, 6.45) is 3.08. The van der Waals surface area contributed by atoms with Crippen molar-refractivity contribution in [2.75, 3.05) is 36.9 Å². The first-order valence-corrected chi connectivity index (χ1v) is 11.2. The number of H-pyrrole nitrogens is 1. The van der Waals surface area contributed by atoms with Crippen LogP contribution in [0, 0.1) is 17.5 Å². The van der Waals surface area contributed by atoms with Gasteiger partial charge in [0.15, 0.2) is 17.5 Å². The van der Waals surface area contributed by atoms with Gasteiger partial charge in [0.1, 0.15) is 11.3 Å². The van der Waals surface area contributed by atoms with Gasteiger partial charge in [0.05, 0.1) is 17.1 Å². The van der Waals surface area contributed by atoms with Crippen LogP contribution >= 0.6 is 11.6 Å². The van der Waals surface area contributed by atoms with Crippen molar-refractivity contribution in [2.24, 2.45) is 5.16 Å². The number of piperidine rings is 1. The van der Waals surface area contributed by atoms with E-state index in [1.807, 2.05) is 0 Å². The molecule has 4 rings (SSSR count). The molecule has 5 N–H and O–H groups in total. The molecule has 3 aromatic rings. The summed E-state index contributed by atoms with van der Waals surface area (Å²) in [5, 5.41) is 27.9. The van der Waals surface area contributed by atoms with Crippen molar-refractivity contribution in [3.05, 3.63) is 52.3 Å². The van der Waals surface area contributed by atoms with Crippen molar-refractivity contribution in [1.82, 2.24) is 14.9 Å². The van der Waals surface area contributed by atoms with Crippen LogP contribution in [-0.2, 0) is 0 Å². The number of aromatic nitrogens is 2. The van der Waals surface area contributed by atoms with Gasteiger partial charge in [0.2, 0.25) is 5.95 Å². The van der Waals surface area contributed by atoms with Crippen LogP contribution in [0.5, 0.6) is 0 Å². The Balaban J connectivity index is 1.56. The minimum absolute atomic E-state index is 0.00812. The van der Waals surface area contributed by atoms with Crippen LogP contribution in [0.4, 0.5) is 24.8 Å². The molecule has 1 aliphatic rings. The van der Waals surface area contributed by atoms with Gasteiger partial charge >= 0.3 is 0 Å². The summed E-state index contributed by atoms with van der Waals surface area (Å²) in [5.41, 5.74) is 0.105. The molecule has 0 aliphatic carbocycles. The molecule has 34 heavy (non-hydrogen) atoms. The molecule has 0 radical (unpaired) electrons. The number of nitrogens with one attached hydrogen (secondary N) is 3. The summed E-state index contributed by atoms with van der Waals surface area (Å²) in [5.74, 6) is -2.98. The summed E-state index contributed by atoms with van der Waals surface area (Å²) in [4.78, 5) is 9.20. The Labute approximate surface area is 198 Å². The normalized spacial score (nSPS) is 17.3. The second-order valence-electron chi connectivity index (χ2n) is 8.03. The third-order valence-electron chi connectivity index (χ3n) is 5.85. The highest BCUT2D eigenvalue weighted by atomic mass is 35.5. The number of amidine groups is 1. The second-order valence-corrected chi connectivity index (χ2v) is 8.43. The Bertz CT molecular complexity index is 1210. The Morgan fingerprint density at radius 2 is 2.06 bits per heavy atom. The molecule has 0 bridgehead atoms. The lowest BCUT2D eigenvalue weighted by molar-refractivity contribution is 0.0940. The molecular weight excluding hydrogens is 473 g/mol. The van der Waals surface area contributed by atoms with E-state index in [0.29, 0.717) is 13.1 Å². The minimum Gasteiger partial charge on any atom is -0.409 e. The van der Waals surface area contributed by atoms with E-state index >= 15 is 0 Å². The number of fused-ring (bicyclic) bond motifs is 1. The summed E-state index contributed by atoms with van der Waals surface area (Å²) in [7, 11) is 0. The van der Waals surface area contributed by atoms with Gasteiger partial charge in [0.25, 0.3) is 0 Å². The molecule has 2 aromatic carbocycles. The van der Waals surface area contributed by atoms with Gasteiger partial charge in [-0.2, -0.15) is 0 Å². The third-order valence-corrected chi connectivity index (χ3v) is 6.14. The lowest BCUT2D eigenvalue weighted by Crippen LogP contribution is -2.44. The topological polar surface area (TPSA) is 109 Å². The average Bonchev–Trinajstić information content (AvgIpc) is 3.27. The van der Waals surface area contributed by atoms with Crippen molar-refractivity contribution >= 4 is 40.1 Å². The van der Waals surface area contributed by atoms with Crippen molar-refractivity contribution in [3.8, 4) is 0 Å². The minimum atomic E-state index is -1.18. The quantitative estimate of drug-likeness (QED) is 0.146. The van der Waals surface area contributed by atoms with Crippen molar-refractivity contribution in [1.29, 1.82) is 0 Å². The highest BCUT2D eigenvalue weighted by Gasteiger charge is 2.22. The fourth-order valence-electron chi connectivity index (χ4n) is 4.11. The van der Waals surface area contributed by atoms with E-state index in [9.17, 15) is 23.5 Å². The van der Waals surface area contributed by atoms with Crippen LogP contribution in [0.2, 0.25) is 5.02 Å². The smallest absolute Gasteiger partial charge is 0.201 e. The van der Waals surface area contributed by atoms with Crippen molar-refractivity contribution in [2.45, 2.75) is 25.3 Å². The van der Waals surface area contributed by atoms with Crippen LogP contribution < -0.4 is 10.6 Å². The van der Waals surface area contributed by atoms with Gasteiger partial charge < -0.3 is 25.9 Å². The Morgan fingerprint density at radius 1 is 1.24 bits per heavy atom. The summed E-state index contributed by atoms with van der Waals surface area (Å²) in [6, 6.07) is 4.70. The van der Waals surface area contributed by atoms with E-state index in [-0.39, 0.29) is 51.7 Å². The largest absolute Gasteiger partial charge is 0.409 e. The SMILES string of the molecule is OCC1CCCCN1CCNc1nc2c(F)c(F)cc(/C(=N/O)Nc3ccc(F)c(Cl)c3)c2[nH]1. The van der Waals surface area contributed by atoms with Gasteiger partial charge in [-0.05, 0) is 43.7 Å². The number of anilines is 2. The number of aliphatic hydroxyl groups excluding tert-OH is 1. The Morgan fingerprint density at radius 3 is 2.79 bits per heavy atom. The van der Waals surface area contributed by atoms with Gasteiger partial charge in [-0.25, -0.2) is 18.2 Å². The number of aromatic amines is 1. The van der Waals surface area contributed by atoms with Crippen LogP contribution in [0.1, 0.15) is 24.8 Å². The predicted octanol–water partition coefficient (Wildman–Crippen LogP) is 4.14. The number of halogens is 4. The van der Waals surface area contributed by atoms with Crippen LogP contribution in [-0.4, -0.2) is 63.3 Å². The van der Waals surface area contributed by atoms with E-state index in [0.717, 1.165) is 37.9 Å². The number of hydrogen-bond donors (Lipinski definition) is 5. The first kappa shape index (κ1) is 24.1. The van der Waals surface area contributed by atoms with E-state index in [2.05, 4.69) is 30.7 Å². The molecule has 12 heteroatoms. The maximum absolute atomic E-state index is 14.5. The van der Waals surface area contributed by atoms with Crippen LogP contribution in [0.15, 0.2) is 29.4 Å². The predicted molar refractivity (Wildman–Crippen MR) is 124 cm³/mol. The number of imidazole rings is 1. The summed E-state index contributed by atoms with van der Waals surface area (Å²) >= 11 is 5.79. The van der Waals surface area contributed by atoms with E-state index in [1.54, 1.807) is 0 Å². The van der Waals surface area contributed by atoms with Gasteiger partial charge in [-0.3, -0.25) is 4.90 Å². The number of nitrogens with zero attached hydrogens (tertiary/aromatic N) is 3. The zero-order chi connectivity index (χ0) is 24.2.